The number of aromatic nitrogens is 2. The molecule has 0 bridgehead atoms. The van der Waals surface area contributed by atoms with Crippen molar-refractivity contribution in [2.75, 3.05) is 16.8 Å². The van der Waals surface area contributed by atoms with Crippen molar-refractivity contribution in [2.45, 2.75) is 13.5 Å². The van der Waals surface area contributed by atoms with Gasteiger partial charge in [-0.1, -0.05) is 30.3 Å². The lowest BCUT2D eigenvalue weighted by Gasteiger charge is -2.21. The first-order valence-corrected chi connectivity index (χ1v) is 8.63. The van der Waals surface area contributed by atoms with Gasteiger partial charge in [0.15, 0.2) is 11.5 Å². The number of carbonyl (C=O) groups is 1. The fourth-order valence-electron chi connectivity index (χ4n) is 2.60. The first-order valence-electron chi connectivity index (χ1n) is 8.63. The maximum Gasteiger partial charge on any atom is 0.276 e. The van der Waals surface area contributed by atoms with Crippen LogP contribution in [0.5, 0.6) is 0 Å². The highest BCUT2D eigenvalue weighted by Crippen LogP contribution is 2.15. The van der Waals surface area contributed by atoms with E-state index in [-0.39, 0.29) is 11.6 Å². The lowest BCUT2D eigenvalue weighted by atomic mass is 10.2. The maximum absolute atomic E-state index is 12.3. The molecular formula is C21H19N5O. The number of nitrogens with zero attached hydrogens (tertiary/aromatic N) is 4. The molecule has 0 radical (unpaired) electrons. The highest BCUT2D eigenvalue weighted by atomic mass is 16.1. The average Bonchev–Trinajstić information content (AvgIpc) is 2.73. The zero-order chi connectivity index (χ0) is 19.1. The lowest BCUT2D eigenvalue weighted by Crippen LogP contribution is -2.24. The van der Waals surface area contributed by atoms with Crippen molar-refractivity contribution < 1.29 is 4.79 Å². The van der Waals surface area contributed by atoms with Crippen LogP contribution in [-0.2, 0) is 6.54 Å². The smallest absolute Gasteiger partial charge is 0.276 e. The standard InChI is InChI=1S/C21H19N5O/c1-2-26(15-17-6-4-3-5-7-17)20-13-12-19(24-25-20)21(27)23-18-10-8-16(14-22)9-11-18/h3-13H,2,15H2,1H3,(H,23,27). The minimum absolute atomic E-state index is 0.235. The second-order valence-corrected chi connectivity index (χ2v) is 5.92. The van der Waals surface area contributed by atoms with E-state index in [2.05, 4.69) is 39.5 Å². The number of hydrogen-bond acceptors (Lipinski definition) is 5. The van der Waals surface area contributed by atoms with Gasteiger partial charge in [0.05, 0.1) is 11.6 Å². The molecule has 0 saturated carbocycles. The summed E-state index contributed by atoms with van der Waals surface area (Å²) in [6, 6.07) is 22.3. The Morgan fingerprint density at radius 3 is 2.37 bits per heavy atom. The zero-order valence-corrected chi connectivity index (χ0v) is 15.0. The number of rotatable bonds is 6. The van der Waals surface area contributed by atoms with Gasteiger partial charge >= 0.3 is 0 Å². The molecule has 0 fully saturated rings. The summed E-state index contributed by atoms with van der Waals surface area (Å²) in [5.74, 6) is 0.376. The quantitative estimate of drug-likeness (QED) is 0.728. The van der Waals surface area contributed by atoms with Crippen LogP contribution >= 0.6 is 0 Å². The normalized spacial score (nSPS) is 10.1. The second kappa shape index (κ2) is 8.59. The molecule has 0 spiro atoms. The summed E-state index contributed by atoms with van der Waals surface area (Å²) in [4.78, 5) is 14.4. The van der Waals surface area contributed by atoms with Crippen molar-refractivity contribution in [1.29, 1.82) is 5.26 Å². The Morgan fingerprint density at radius 2 is 1.78 bits per heavy atom. The third-order valence-electron chi connectivity index (χ3n) is 4.08. The summed E-state index contributed by atoms with van der Waals surface area (Å²) in [6.07, 6.45) is 0. The summed E-state index contributed by atoms with van der Waals surface area (Å²) >= 11 is 0. The van der Waals surface area contributed by atoms with Gasteiger partial charge in [0.2, 0.25) is 0 Å². The van der Waals surface area contributed by atoms with Crippen LogP contribution in [0, 0.1) is 11.3 Å². The van der Waals surface area contributed by atoms with Crippen LogP contribution in [0.2, 0.25) is 0 Å². The maximum atomic E-state index is 12.3. The van der Waals surface area contributed by atoms with E-state index in [1.807, 2.05) is 24.3 Å². The third kappa shape index (κ3) is 4.67. The number of benzene rings is 2. The van der Waals surface area contributed by atoms with Gasteiger partial charge in [-0.25, -0.2) is 0 Å². The van der Waals surface area contributed by atoms with Crippen LogP contribution in [0.25, 0.3) is 0 Å². The largest absolute Gasteiger partial charge is 0.351 e. The number of anilines is 2. The molecular weight excluding hydrogens is 338 g/mol. The monoisotopic (exact) mass is 357 g/mol. The van der Waals surface area contributed by atoms with Crippen molar-refractivity contribution in [3.05, 3.63) is 83.6 Å². The number of amides is 1. The van der Waals surface area contributed by atoms with Crippen molar-refractivity contribution in [3.8, 4) is 6.07 Å². The van der Waals surface area contributed by atoms with Crippen molar-refractivity contribution in [3.63, 3.8) is 0 Å². The van der Waals surface area contributed by atoms with E-state index in [1.54, 1.807) is 36.4 Å². The van der Waals surface area contributed by atoms with Gasteiger partial charge in [0.1, 0.15) is 0 Å². The fourth-order valence-corrected chi connectivity index (χ4v) is 2.60. The van der Waals surface area contributed by atoms with E-state index in [0.717, 1.165) is 18.9 Å². The summed E-state index contributed by atoms with van der Waals surface area (Å²) in [6.45, 7) is 3.55. The first-order chi connectivity index (χ1) is 13.2. The summed E-state index contributed by atoms with van der Waals surface area (Å²) in [7, 11) is 0. The molecule has 1 aromatic heterocycles. The fraction of sp³-hybridized carbons (Fsp3) is 0.143. The van der Waals surface area contributed by atoms with Crippen molar-refractivity contribution >= 4 is 17.4 Å². The highest BCUT2D eigenvalue weighted by molar-refractivity contribution is 6.02. The molecule has 6 nitrogen and oxygen atoms in total. The Balaban J connectivity index is 1.67. The van der Waals surface area contributed by atoms with Crippen molar-refractivity contribution in [1.82, 2.24) is 10.2 Å². The predicted octanol–water partition coefficient (Wildman–Crippen LogP) is 3.63. The molecule has 0 saturated heterocycles. The number of nitriles is 1. The SMILES string of the molecule is CCN(Cc1ccccc1)c1ccc(C(=O)Nc2ccc(C#N)cc2)nn1. The molecule has 27 heavy (non-hydrogen) atoms. The molecule has 1 heterocycles. The number of hydrogen-bond donors (Lipinski definition) is 1. The molecule has 0 unspecified atom stereocenters. The van der Waals surface area contributed by atoms with Gasteiger partial charge in [-0.05, 0) is 48.9 Å². The summed E-state index contributed by atoms with van der Waals surface area (Å²) < 4.78 is 0. The van der Waals surface area contributed by atoms with Crippen molar-refractivity contribution in [2.24, 2.45) is 0 Å². The van der Waals surface area contributed by atoms with Gasteiger partial charge in [0, 0.05) is 18.8 Å². The highest BCUT2D eigenvalue weighted by Gasteiger charge is 2.12. The Hall–Kier alpha value is -3.72. The minimum Gasteiger partial charge on any atom is -0.351 e. The van der Waals surface area contributed by atoms with Gasteiger partial charge in [-0.2, -0.15) is 5.26 Å². The molecule has 0 atom stereocenters. The summed E-state index contributed by atoms with van der Waals surface area (Å²) in [5.41, 5.74) is 2.56. The van der Waals surface area contributed by atoms with Gasteiger partial charge < -0.3 is 10.2 Å². The predicted molar refractivity (Wildman–Crippen MR) is 104 cm³/mol. The number of carbonyl (C=O) groups excluding carboxylic acids is 1. The molecule has 6 heteroatoms. The second-order valence-electron chi connectivity index (χ2n) is 5.92. The first kappa shape index (κ1) is 18.1. The van der Waals surface area contributed by atoms with Crippen LogP contribution < -0.4 is 10.2 Å². The minimum atomic E-state index is -0.343. The topological polar surface area (TPSA) is 81.9 Å². The zero-order valence-electron chi connectivity index (χ0n) is 15.0. The molecule has 1 amide bonds. The Labute approximate surface area is 158 Å². The van der Waals surface area contributed by atoms with Crippen LogP contribution in [0.4, 0.5) is 11.5 Å². The van der Waals surface area contributed by atoms with Gasteiger partial charge in [0.25, 0.3) is 5.91 Å². The molecule has 3 aromatic rings. The third-order valence-corrected chi connectivity index (χ3v) is 4.08. The van der Waals surface area contributed by atoms with Crippen LogP contribution in [0.15, 0.2) is 66.7 Å². The van der Waals surface area contributed by atoms with Crippen LogP contribution in [0.1, 0.15) is 28.5 Å². The molecule has 134 valence electrons. The van der Waals surface area contributed by atoms with E-state index in [0.29, 0.717) is 11.3 Å². The molecule has 0 aliphatic carbocycles. The van der Waals surface area contributed by atoms with Gasteiger partial charge in [-0.15, -0.1) is 10.2 Å². The molecule has 1 N–H and O–H groups in total. The molecule has 2 aromatic carbocycles. The van der Waals surface area contributed by atoms with Crippen LogP contribution in [-0.4, -0.2) is 22.6 Å². The molecule has 0 aliphatic heterocycles. The Bertz CT molecular complexity index is 931. The van der Waals surface area contributed by atoms with E-state index < -0.39 is 0 Å². The van der Waals surface area contributed by atoms with E-state index in [9.17, 15) is 4.79 Å². The lowest BCUT2D eigenvalue weighted by molar-refractivity contribution is 0.102. The Kier molecular flexibility index (Phi) is 5.75. The molecule has 3 rings (SSSR count). The number of nitrogens with one attached hydrogen (secondary N) is 1. The average molecular weight is 357 g/mol. The van der Waals surface area contributed by atoms with Gasteiger partial charge in [-0.3, -0.25) is 4.79 Å². The van der Waals surface area contributed by atoms with E-state index >= 15 is 0 Å². The summed E-state index contributed by atoms with van der Waals surface area (Å²) in [5, 5.41) is 19.8. The van der Waals surface area contributed by atoms with E-state index in [4.69, 9.17) is 5.26 Å². The molecule has 0 aliphatic rings. The van der Waals surface area contributed by atoms with Crippen LogP contribution in [0.3, 0.4) is 0 Å². The van der Waals surface area contributed by atoms with E-state index in [1.165, 1.54) is 5.56 Å². The Morgan fingerprint density at radius 1 is 1.04 bits per heavy atom.